The van der Waals surface area contributed by atoms with Crippen molar-refractivity contribution in [1.29, 1.82) is 0 Å². The minimum atomic E-state index is -0.333. The number of carbonyl (C=O) groups is 1. The lowest BCUT2D eigenvalue weighted by atomic mass is 10.4. The van der Waals surface area contributed by atoms with E-state index in [4.69, 9.17) is 11.6 Å². The van der Waals surface area contributed by atoms with Crippen LogP contribution in [0.15, 0.2) is 11.9 Å². The maximum atomic E-state index is 10.6. The zero-order valence-electron chi connectivity index (χ0n) is 5.14. The van der Waals surface area contributed by atoms with Crippen LogP contribution in [0.2, 0.25) is 0 Å². The second kappa shape index (κ2) is 3.73. The minimum Gasteiger partial charge on any atom is -0.403 e. The van der Waals surface area contributed by atoms with E-state index in [1.54, 1.807) is 0 Å². The number of likely N-dealkylation sites (N-methyl/N-ethyl adjacent to an activating group) is 1. The Morgan fingerprint density at radius 2 is 2.22 bits per heavy atom. The smallest absolute Gasteiger partial charge is 0.269 e. The van der Waals surface area contributed by atoms with E-state index < -0.39 is 0 Å². The van der Waals surface area contributed by atoms with E-state index in [-0.39, 0.29) is 11.6 Å². The summed E-state index contributed by atoms with van der Waals surface area (Å²) in [5.41, 5.74) is 7.27. The minimum absolute atomic E-state index is 0.150. The van der Waals surface area contributed by atoms with Crippen molar-refractivity contribution < 1.29 is 4.79 Å². The molecular formula is C4H10N4O. The largest absolute Gasteiger partial charge is 0.403 e. The summed E-state index contributed by atoms with van der Waals surface area (Å²) in [6, 6.07) is 0. The first-order valence-corrected chi connectivity index (χ1v) is 2.36. The first kappa shape index (κ1) is 7.77. The van der Waals surface area contributed by atoms with Gasteiger partial charge in [0.2, 0.25) is 0 Å². The van der Waals surface area contributed by atoms with E-state index in [1.165, 1.54) is 7.05 Å². The van der Waals surface area contributed by atoms with Crippen LogP contribution in [-0.2, 0) is 4.79 Å². The Labute approximate surface area is 53.1 Å². The lowest BCUT2D eigenvalue weighted by Crippen LogP contribution is -2.33. The molecule has 5 heteroatoms. The van der Waals surface area contributed by atoms with Crippen LogP contribution in [0.3, 0.4) is 0 Å². The highest BCUT2D eigenvalue weighted by atomic mass is 16.2. The number of carbonyl (C=O) groups excluding carboxylic acids is 1. The topological polar surface area (TPSA) is 93.2 Å². The van der Waals surface area contributed by atoms with E-state index in [0.717, 1.165) is 6.20 Å². The van der Waals surface area contributed by atoms with Gasteiger partial charge in [-0.25, -0.2) is 0 Å². The summed E-state index contributed by atoms with van der Waals surface area (Å²) < 4.78 is 0. The molecule has 0 aromatic rings. The molecule has 0 heterocycles. The number of rotatable bonds is 2. The summed E-state index contributed by atoms with van der Waals surface area (Å²) in [7, 11) is 1.49. The van der Waals surface area contributed by atoms with Crippen LogP contribution in [-0.4, -0.2) is 13.0 Å². The van der Waals surface area contributed by atoms with E-state index in [0.29, 0.717) is 0 Å². The average molecular weight is 130 g/mol. The number of hydrogen-bond donors (Lipinski definition) is 4. The monoisotopic (exact) mass is 130 g/mol. The van der Waals surface area contributed by atoms with Crippen LogP contribution in [0, 0.1) is 0 Å². The Morgan fingerprint density at radius 1 is 1.67 bits per heavy atom. The van der Waals surface area contributed by atoms with E-state index in [9.17, 15) is 4.79 Å². The lowest BCUT2D eigenvalue weighted by Gasteiger charge is -2.01. The van der Waals surface area contributed by atoms with Gasteiger partial charge in [-0.1, -0.05) is 0 Å². The lowest BCUT2D eigenvalue weighted by molar-refractivity contribution is -0.117. The highest BCUT2D eigenvalue weighted by Crippen LogP contribution is 1.79. The number of amides is 1. The van der Waals surface area contributed by atoms with Crippen molar-refractivity contribution in [3.05, 3.63) is 11.9 Å². The third-order valence-electron chi connectivity index (χ3n) is 0.794. The molecule has 0 aliphatic rings. The second-order valence-electron chi connectivity index (χ2n) is 1.30. The predicted octanol–water partition coefficient (Wildman–Crippen LogP) is -2.00. The van der Waals surface area contributed by atoms with Crippen LogP contribution in [0.1, 0.15) is 0 Å². The summed E-state index contributed by atoms with van der Waals surface area (Å²) >= 11 is 0. The van der Waals surface area contributed by atoms with Gasteiger partial charge >= 0.3 is 0 Å². The molecule has 0 saturated carbocycles. The number of nitrogens with two attached hydrogens (primary N) is 2. The van der Waals surface area contributed by atoms with Gasteiger partial charge in [-0.2, -0.15) is 0 Å². The molecule has 0 unspecified atom stereocenters. The van der Waals surface area contributed by atoms with Gasteiger partial charge in [-0.15, -0.1) is 0 Å². The summed E-state index contributed by atoms with van der Waals surface area (Å²) in [6.07, 6.45) is 1.10. The molecule has 0 saturated heterocycles. The molecule has 6 N–H and O–H groups in total. The number of hydrogen-bond acceptors (Lipinski definition) is 4. The van der Waals surface area contributed by atoms with Crippen LogP contribution in [0.25, 0.3) is 0 Å². The first-order chi connectivity index (χ1) is 4.26. The van der Waals surface area contributed by atoms with Gasteiger partial charge in [0.05, 0.1) is 0 Å². The van der Waals surface area contributed by atoms with Crippen LogP contribution in [0.5, 0.6) is 0 Å². The molecule has 0 aromatic carbocycles. The van der Waals surface area contributed by atoms with Gasteiger partial charge < -0.3 is 16.5 Å². The molecule has 0 fully saturated rings. The van der Waals surface area contributed by atoms with Crippen molar-refractivity contribution in [2.24, 2.45) is 11.6 Å². The summed E-state index contributed by atoms with van der Waals surface area (Å²) in [5, 5.41) is 2.34. The van der Waals surface area contributed by atoms with Crippen LogP contribution >= 0.6 is 0 Å². The second-order valence-corrected chi connectivity index (χ2v) is 1.30. The molecule has 5 nitrogen and oxygen atoms in total. The Morgan fingerprint density at radius 3 is 2.33 bits per heavy atom. The number of hydrazine groups is 1. The van der Waals surface area contributed by atoms with Gasteiger partial charge in [-0.05, 0) is 0 Å². The highest BCUT2D eigenvalue weighted by Gasteiger charge is 2.01. The molecule has 0 aromatic heterocycles. The van der Waals surface area contributed by atoms with Gasteiger partial charge in [-0.3, -0.25) is 10.6 Å². The predicted molar refractivity (Wildman–Crippen MR) is 33.7 cm³/mol. The van der Waals surface area contributed by atoms with Crippen LogP contribution in [0.4, 0.5) is 0 Å². The Hall–Kier alpha value is -1.23. The first-order valence-electron chi connectivity index (χ1n) is 2.36. The van der Waals surface area contributed by atoms with Crippen molar-refractivity contribution in [3.63, 3.8) is 0 Å². The molecular weight excluding hydrogens is 120 g/mol. The fraction of sp³-hybridized carbons (Fsp3) is 0.250. The van der Waals surface area contributed by atoms with Gasteiger partial charge in [0.1, 0.15) is 5.70 Å². The molecule has 0 aliphatic heterocycles. The van der Waals surface area contributed by atoms with Gasteiger partial charge in [0.15, 0.2) is 0 Å². The summed E-state index contributed by atoms with van der Waals surface area (Å²) in [6.45, 7) is 0. The van der Waals surface area contributed by atoms with Gasteiger partial charge in [0.25, 0.3) is 5.91 Å². The Bertz CT molecular complexity index is 131. The molecule has 0 bridgehead atoms. The number of nitrogens with one attached hydrogen (secondary N) is 2. The molecule has 1 amide bonds. The third kappa shape index (κ3) is 2.00. The molecule has 0 spiro atoms. The van der Waals surface area contributed by atoms with E-state index in [2.05, 4.69) is 10.7 Å². The zero-order valence-corrected chi connectivity index (χ0v) is 5.14. The van der Waals surface area contributed by atoms with Gasteiger partial charge in [0, 0.05) is 13.2 Å². The van der Waals surface area contributed by atoms with Crippen molar-refractivity contribution in [2.45, 2.75) is 0 Å². The van der Waals surface area contributed by atoms with Crippen LogP contribution < -0.4 is 22.3 Å². The average Bonchev–Trinajstić information content (AvgIpc) is 1.90. The fourth-order valence-electron chi connectivity index (χ4n) is 0.324. The van der Waals surface area contributed by atoms with E-state index >= 15 is 0 Å². The Balaban J connectivity index is 3.97. The molecule has 0 aliphatic carbocycles. The summed E-state index contributed by atoms with van der Waals surface area (Å²) in [5.74, 6) is 4.57. The fourth-order valence-corrected chi connectivity index (χ4v) is 0.324. The zero-order chi connectivity index (χ0) is 7.28. The van der Waals surface area contributed by atoms with E-state index in [1.807, 2.05) is 0 Å². The van der Waals surface area contributed by atoms with Crippen molar-refractivity contribution in [3.8, 4) is 0 Å². The highest BCUT2D eigenvalue weighted by molar-refractivity contribution is 5.92. The van der Waals surface area contributed by atoms with Crippen molar-refractivity contribution in [1.82, 2.24) is 10.7 Å². The maximum absolute atomic E-state index is 10.6. The maximum Gasteiger partial charge on any atom is 0.269 e. The molecule has 52 valence electrons. The normalized spacial score (nSPS) is 10.7. The van der Waals surface area contributed by atoms with Crippen molar-refractivity contribution in [2.75, 3.05) is 7.05 Å². The Kier molecular flexibility index (Phi) is 3.22. The third-order valence-corrected chi connectivity index (χ3v) is 0.794. The standard InChI is InChI=1S/C4H10N4O/c1-7-4(9)3(2-5)8-6/h2,8H,5-6H2,1H3,(H,7,9)/b3-2-. The quantitative estimate of drug-likeness (QED) is 0.197. The molecule has 0 radical (unpaired) electrons. The molecule has 0 atom stereocenters. The summed E-state index contributed by atoms with van der Waals surface area (Å²) in [4.78, 5) is 10.6. The SMILES string of the molecule is CNC(=O)/C(=C/N)NN. The molecule has 0 rings (SSSR count). The molecule has 9 heavy (non-hydrogen) atoms. The van der Waals surface area contributed by atoms with Crippen molar-refractivity contribution >= 4 is 5.91 Å².